The summed E-state index contributed by atoms with van der Waals surface area (Å²) in [4.78, 5) is 37.5. The Morgan fingerprint density at radius 1 is 1.25 bits per heavy atom. The SMILES string of the molecule is CCCCSc1nc2c(c(=O)[nH]1)C(c1ccc(C)cc1)C(C(=O)OC)C(C)=N2. The van der Waals surface area contributed by atoms with Gasteiger partial charge in [0.25, 0.3) is 5.56 Å². The number of nitrogens with one attached hydrogen (secondary N) is 1. The number of methoxy groups -OCH3 is 1. The van der Waals surface area contributed by atoms with E-state index in [1.807, 2.05) is 31.2 Å². The zero-order chi connectivity index (χ0) is 20.3. The molecule has 1 aromatic carbocycles. The standard InChI is InChI=1S/C21H25N3O3S/c1-5-6-11-28-21-23-18-17(19(25)24-21)16(14-9-7-12(2)8-10-14)15(13(3)22-18)20(26)27-4/h7-10,15-16H,5-6,11H2,1-4H3,(H,23,24,25). The van der Waals surface area contributed by atoms with E-state index in [0.29, 0.717) is 22.2 Å². The second-order valence-corrected chi connectivity index (χ2v) is 8.04. The van der Waals surface area contributed by atoms with E-state index in [0.717, 1.165) is 29.7 Å². The summed E-state index contributed by atoms with van der Waals surface area (Å²) in [7, 11) is 1.35. The monoisotopic (exact) mass is 399 g/mol. The summed E-state index contributed by atoms with van der Waals surface area (Å²) in [6, 6.07) is 7.84. The highest BCUT2D eigenvalue weighted by Gasteiger charge is 2.40. The molecule has 0 aliphatic carbocycles. The first kappa shape index (κ1) is 20.3. The molecule has 3 rings (SSSR count). The van der Waals surface area contributed by atoms with Gasteiger partial charge < -0.3 is 9.72 Å². The minimum atomic E-state index is -0.651. The first-order valence-electron chi connectivity index (χ1n) is 9.42. The molecule has 0 radical (unpaired) electrons. The van der Waals surface area contributed by atoms with Crippen LogP contribution in [0.4, 0.5) is 5.82 Å². The van der Waals surface area contributed by atoms with Crippen LogP contribution in [0.25, 0.3) is 0 Å². The summed E-state index contributed by atoms with van der Waals surface area (Å²) >= 11 is 1.52. The van der Waals surface area contributed by atoms with Gasteiger partial charge in [-0.05, 0) is 25.8 Å². The molecule has 7 heteroatoms. The second kappa shape index (κ2) is 8.73. The number of fused-ring (bicyclic) bond motifs is 1. The van der Waals surface area contributed by atoms with Crippen LogP contribution < -0.4 is 5.56 Å². The molecule has 0 spiro atoms. The Morgan fingerprint density at radius 2 is 1.96 bits per heavy atom. The number of hydrogen-bond donors (Lipinski definition) is 1. The van der Waals surface area contributed by atoms with Crippen LogP contribution in [0.5, 0.6) is 0 Å². The number of esters is 1. The third-order valence-electron chi connectivity index (χ3n) is 4.92. The number of aliphatic imine (C=N–C) groups is 1. The smallest absolute Gasteiger partial charge is 0.315 e. The molecule has 1 aromatic heterocycles. The molecule has 2 heterocycles. The van der Waals surface area contributed by atoms with Crippen LogP contribution in [0.15, 0.2) is 39.2 Å². The zero-order valence-corrected chi connectivity index (χ0v) is 17.4. The fourth-order valence-electron chi connectivity index (χ4n) is 3.41. The Labute approximate surface area is 168 Å². The van der Waals surface area contributed by atoms with Gasteiger partial charge in [0.15, 0.2) is 11.0 Å². The summed E-state index contributed by atoms with van der Waals surface area (Å²) < 4.78 is 5.02. The lowest BCUT2D eigenvalue weighted by Gasteiger charge is -2.29. The van der Waals surface area contributed by atoms with Gasteiger partial charge in [-0.2, -0.15) is 0 Å². The Kier molecular flexibility index (Phi) is 6.34. The fourth-order valence-corrected chi connectivity index (χ4v) is 4.35. The lowest BCUT2D eigenvalue weighted by molar-refractivity contribution is -0.143. The van der Waals surface area contributed by atoms with Gasteiger partial charge in [0, 0.05) is 17.4 Å². The minimum absolute atomic E-state index is 0.250. The molecule has 0 saturated heterocycles. The van der Waals surface area contributed by atoms with Crippen LogP contribution in [-0.2, 0) is 9.53 Å². The summed E-state index contributed by atoms with van der Waals surface area (Å²) in [5.74, 6) is -0.259. The van der Waals surface area contributed by atoms with E-state index in [-0.39, 0.29) is 5.56 Å². The molecule has 2 unspecified atom stereocenters. The van der Waals surface area contributed by atoms with Crippen molar-refractivity contribution in [2.24, 2.45) is 10.9 Å². The number of rotatable bonds is 6. The molecule has 0 bridgehead atoms. The topological polar surface area (TPSA) is 84.4 Å². The number of aromatic amines is 1. The second-order valence-electron chi connectivity index (χ2n) is 6.95. The Balaban J connectivity index is 2.13. The van der Waals surface area contributed by atoms with E-state index in [1.165, 1.54) is 18.9 Å². The Bertz CT molecular complexity index is 950. The summed E-state index contributed by atoms with van der Waals surface area (Å²) in [6.07, 6.45) is 2.12. The summed E-state index contributed by atoms with van der Waals surface area (Å²) in [5, 5.41) is 0.563. The van der Waals surface area contributed by atoms with Crippen molar-refractivity contribution in [3.8, 4) is 0 Å². The largest absolute Gasteiger partial charge is 0.468 e. The third kappa shape index (κ3) is 4.04. The van der Waals surface area contributed by atoms with Crippen LogP contribution >= 0.6 is 11.8 Å². The predicted molar refractivity (Wildman–Crippen MR) is 112 cm³/mol. The Morgan fingerprint density at radius 3 is 2.61 bits per heavy atom. The molecule has 1 aliphatic heterocycles. The molecule has 0 amide bonds. The van der Waals surface area contributed by atoms with Crippen molar-refractivity contribution in [1.29, 1.82) is 0 Å². The van der Waals surface area contributed by atoms with Gasteiger partial charge in [0.2, 0.25) is 0 Å². The third-order valence-corrected chi connectivity index (χ3v) is 5.88. The quantitative estimate of drug-likeness (QED) is 0.343. The predicted octanol–water partition coefficient (Wildman–Crippen LogP) is 4.00. The van der Waals surface area contributed by atoms with Gasteiger partial charge in [-0.1, -0.05) is 54.9 Å². The highest BCUT2D eigenvalue weighted by Crippen LogP contribution is 2.40. The number of thioether (sulfide) groups is 1. The maximum absolute atomic E-state index is 13.0. The average Bonchev–Trinajstić information content (AvgIpc) is 2.67. The maximum atomic E-state index is 13.0. The number of hydrogen-bond acceptors (Lipinski definition) is 6. The number of carbonyl (C=O) groups is 1. The molecular weight excluding hydrogens is 374 g/mol. The molecule has 2 atom stereocenters. The van der Waals surface area contributed by atoms with Crippen LogP contribution in [0.1, 0.15) is 49.3 Å². The number of carbonyl (C=O) groups excluding carboxylic acids is 1. The highest BCUT2D eigenvalue weighted by molar-refractivity contribution is 7.99. The first-order chi connectivity index (χ1) is 13.5. The van der Waals surface area contributed by atoms with Crippen molar-refractivity contribution in [1.82, 2.24) is 9.97 Å². The van der Waals surface area contributed by atoms with Gasteiger partial charge in [-0.3, -0.25) is 9.59 Å². The lowest BCUT2D eigenvalue weighted by atomic mass is 9.77. The van der Waals surface area contributed by atoms with Gasteiger partial charge >= 0.3 is 5.97 Å². The molecule has 148 valence electrons. The van der Waals surface area contributed by atoms with Crippen molar-refractivity contribution in [2.75, 3.05) is 12.9 Å². The normalized spacial score (nSPS) is 18.4. The molecule has 2 aromatic rings. The summed E-state index contributed by atoms with van der Waals surface area (Å²) in [6.45, 7) is 5.91. The molecule has 0 fully saturated rings. The number of ether oxygens (including phenoxy) is 1. The molecule has 0 saturated carbocycles. The minimum Gasteiger partial charge on any atom is -0.468 e. The van der Waals surface area contributed by atoms with Crippen molar-refractivity contribution in [3.05, 3.63) is 51.3 Å². The van der Waals surface area contributed by atoms with Crippen LogP contribution in [0.3, 0.4) is 0 Å². The molecule has 1 N–H and O–H groups in total. The van der Waals surface area contributed by atoms with Gasteiger partial charge in [0.1, 0.15) is 5.92 Å². The fraction of sp³-hybridized carbons (Fsp3) is 0.429. The van der Waals surface area contributed by atoms with E-state index in [9.17, 15) is 9.59 Å². The number of aromatic nitrogens is 2. The van der Waals surface area contributed by atoms with E-state index in [4.69, 9.17) is 4.74 Å². The number of nitrogens with zero attached hydrogens (tertiary/aromatic N) is 2. The van der Waals surface area contributed by atoms with Crippen molar-refractivity contribution < 1.29 is 9.53 Å². The highest BCUT2D eigenvalue weighted by atomic mass is 32.2. The van der Waals surface area contributed by atoms with E-state index in [2.05, 4.69) is 21.9 Å². The van der Waals surface area contributed by atoms with Crippen molar-refractivity contribution >= 4 is 29.3 Å². The number of H-pyrrole nitrogens is 1. The van der Waals surface area contributed by atoms with Crippen molar-refractivity contribution in [3.63, 3.8) is 0 Å². The number of unbranched alkanes of at least 4 members (excludes halogenated alkanes) is 1. The van der Waals surface area contributed by atoms with E-state index in [1.54, 1.807) is 6.92 Å². The molecule has 6 nitrogen and oxygen atoms in total. The molecule has 1 aliphatic rings. The summed E-state index contributed by atoms with van der Waals surface area (Å²) in [5.41, 5.74) is 2.75. The Hall–Kier alpha value is -2.41. The number of aryl methyl sites for hydroxylation is 1. The van der Waals surface area contributed by atoms with Crippen LogP contribution in [-0.4, -0.2) is 34.5 Å². The zero-order valence-electron chi connectivity index (χ0n) is 16.6. The number of benzene rings is 1. The van der Waals surface area contributed by atoms with Crippen LogP contribution in [0.2, 0.25) is 0 Å². The maximum Gasteiger partial charge on any atom is 0.315 e. The van der Waals surface area contributed by atoms with E-state index < -0.39 is 17.8 Å². The molecular formula is C21H25N3O3S. The first-order valence-corrected chi connectivity index (χ1v) is 10.4. The van der Waals surface area contributed by atoms with Gasteiger partial charge in [0.05, 0.1) is 12.7 Å². The molecule has 28 heavy (non-hydrogen) atoms. The van der Waals surface area contributed by atoms with E-state index >= 15 is 0 Å². The van der Waals surface area contributed by atoms with Crippen molar-refractivity contribution in [2.45, 2.75) is 44.7 Å². The lowest BCUT2D eigenvalue weighted by Crippen LogP contribution is -2.36. The van der Waals surface area contributed by atoms with Crippen LogP contribution in [0, 0.1) is 12.8 Å². The average molecular weight is 400 g/mol. The van der Waals surface area contributed by atoms with Gasteiger partial charge in [-0.15, -0.1) is 0 Å². The van der Waals surface area contributed by atoms with Gasteiger partial charge in [-0.25, -0.2) is 9.98 Å².